The van der Waals surface area contributed by atoms with Crippen LogP contribution in [-0.4, -0.2) is 37.3 Å². The molecule has 0 amide bonds. The van der Waals surface area contributed by atoms with Crippen LogP contribution in [-0.2, 0) is 12.3 Å². The van der Waals surface area contributed by atoms with Gasteiger partial charge in [0.25, 0.3) is 30.0 Å². The van der Waals surface area contributed by atoms with E-state index in [1.807, 2.05) is 20.9 Å². The van der Waals surface area contributed by atoms with Gasteiger partial charge in [0, 0.05) is 0 Å². The largest absolute Gasteiger partial charge is 0.425 e. The van der Waals surface area contributed by atoms with Crippen molar-refractivity contribution in [2.45, 2.75) is 13.6 Å². The molecule has 1 rings (SSSR count). The van der Waals surface area contributed by atoms with E-state index in [9.17, 15) is 0 Å². The van der Waals surface area contributed by atoms with Crippen molar-refractivity contribution in [1.29, 1.82) is 0 Å². The Labute approximate surface area is 63.9 Å². The molecule has 0 atom stereocenters. The Morgan fingerprint density at radius 3 is 1.22 bits per heavy atom. The van der Waals surface area contributed by atoms with Crippen LogP contribution >= 0.6 is 0 Å². The third kappa shape index (κ3) is 8.60. The summed E-state index contributed by atoms with van der Waals surface area (Å²) in [6, 6.07) is 0. The van der Waals surface area contributed by atoms with Gasteiger partial charge in [-0.3, -0.25) is 0 Å². The summed E-state index contributed by atoms with van der Waals surface area (Å²) >= 11 is 0. The minimum Gasteiger partial charge on any atom is -0.425 e. The molecular formula is C2H12BO3Si3. The third-order valence-corrected chi connectivity index (χ3v) is 4.50. The Morgan fingerprint density at radius 1 is 0.889 bits per heavy atom. The lowest BCUT2D eigenvalue weighted by molar-refractivity contribution is 0.347. The Bertz CT molecular complexity index is 40.8. The van der Waals surface area contributed by atoms with E-state index in [0.29, 0.717) is 0 Å². The van der Waals surface area contributed by atoms with Gasteiger partial charge in [0.05, 0.1) is 0 Å². The van der Waals surface area contributed by atoms with Crippen molar-refractivity contribution in [3.63, 3.8) is 0 Å². The van der Waals surface area contributed by atoms with Crippen molar-refractivity contribution in [3.8, 4) is 0 Å². The van der Waals surface area contributed by atoms with Gasteiger partial charge in [-0.2, -0.15) is 0 Å². The lowest BCUT2D eigenvalue weighted by Gasteiger charge is -2.10. The fourth-order valence-electron chi connectivity index (χ4n) is 0.279. The van der Waals surface area contributed by atoms with Crippen molar-refractivity contribution >= 4 is 37.3 Å². The summed E-state index contributed by atoms with van der Waals surface area (Å²) in [7, 11) is 0.521. The Hall–Kier alpha value is 0.596. The monoisotopic (exact) mass is 179 g/mol. The molecule has 1 fully saturated rings. The van der Waals surface area contributed by atoms with E-state index in [0.717, 1.165) is 0 Å². The molecule has 0 unspecified atom stereocenters. The van der Waals surface area contributed by atoms with Crippen LogP contribution in [0.2, 0.25) is 13.6 Å². The summed E-state index contributed by atoms with van der Waals surface area (Å²) in [5.74, 6) is 0. The smallest absolute Gasteiger partial charge is 0.286 e. The highest BCUT2D eigenvalue weighted by Crippen LogP contribution is 1.78. The molecular weight excluding hydrogens is 167 g/mol. The highest BCUT2D eigenvalue weighted by atomic mass is 28.4. The van der Waals surface area contributed by atoms with Crippen molar-refractivity contribution in [3.05, 3.63) is 0 Å². The van der Waals surface area contributed by atoms with Crippen LogP contribution in [0, 0.1) is 0 Å². The maximum Gasteiger partial charge on any atom is 0.286 e. The van der Waals surface area contributed by atoms with E-state index in [2.05, 4.69) is 0 Å². The molecule has 1 saturated heterocycles. The SMILES string of the molecule is C[B]C.O1[SiH2]O[SiH2]O[SiH2]1. The molecule has 9 heavy (non-hydrogen) atoms. The van der Waals surface area contributed by atoms with Crippen LogP contribution < -0.4 is 0 Å². The second kappa shape index (κ2) is 8.60. The van der Waals surface area contributed by atoms with Crippen molar-refractivity contribution in [2.75, 3.05) is 0 Å². The number of hydrogen-bond donors (Lipinski definition) is 0. The van der Waals surface area contributed by atoms with E-state index in [1.165, 1.54) is 0 Å². The minimum atomic E-state index is -0.493. The van der Waals surface area contributed by atoms with Gasteiger partial charge >= 0.3 is 0 Å². The summed E-state index contributed by atoms with van der Waals surface area (Å²) < 4.78 is 14.8. The first-order valence-corrected chi connectivity index (χ1v) is 6.35. The molecule has 0 saturated carbocycles. The van der Waals surface area contributed by atoms with Crippen molar-refractivity contribution in [1.82, 2.24) is 0 Å². The first-order valence-electron chi connectivity index (χ1n) is 2.89. The van der Waals surface area contributed by atoms with Gasteiger partial charge < -0.3 is 12.3 Å². The summed E-state index contributed by atoms with van der Waals surface area (Å²) in [5, 5.41) is 0. The second-order valence-corrected chi connectivity index (χ2v) is 7.15. The average molecular weight is 179 g/mol. The highest BCUT2D eigenvalue weighted by Gasteiger charge is 1.96. The zero-order valence-corrected chi connectivity index (χ0v) is 10.2. The summed E-state index contributed by atoms with van der Waals surface area (Å²) in [4.78, 5) is 0. The molecule has 0 N–H and O–H groups in total. The lowest BCUT2D eigenvalue weighted by Crippen LogP contribution is -2.23. The highest BCUT2D eigenvalue weighted by molar-refractivity contribution is 6.50. The Kier molecular flexibility index (Phi) is 9.16. The molecule has 0 aliphatic carbocycles. The summed E-state index contributed by atoms with van der Waals surface area (Å²) in [6.07, 6.45) is 0. The normalized spacial score (nSPS) is 25.6. The van der Waals surface area contributed by atoms with Gasteiger partial charge in [-0.05, 0) is 0 Å². The number of hydrogen-bond acceptors (Lipinski definition) is 3. The first kappa shape index (κ1) is 9.60. The second-order valence-electron chi connectivity index (χ2n) is 1.54. The van der Waals surface area contributed by atoms with Crippen LogP contribution in [0.1, 0.15) is 0 Å². The van der Waals surface area contributed by atoms with Crippen LogP contribution in [0.4, 0.5) is 0 Å². The maximum atomic E-state index is 4.94. The van der Waals surface area contributed by atoms with E-state index < -0.39 is 30.0 Å². The minimum absolute atomic E-state index is 0.493. The molecule has 0 spiro atoms. The average Bonchev–Trinajstić information content (AvgIpc) is 1.93. The van der Waals surface area contributed by atoms with Crippen LogP contribution in [0.15, 0.2) is 0 Å². The number of rotatable bonds is 0. The standard InChI is InChI=1S/C2H6B.H6O3Si3/c1-3-2;1-4-2-6-3-5-1/h1-2H3;4-6H2. The molecule has 1 radical (unpaired) electrons. The van der Waals surface area contributed by atoms with E-state index in [-0.39, 0.29) is 0 Å². The zero-order valence-electron chi connectivity index (χ0n) is 5.92. The third-order valence-electron chi connectivity index (χ3n) is 0.500. The Morgan fingerprint density at radius 2 is 1.11 bits per heavy atom. The van der Waals surface area contributed by atoms with E-state index >= 15 is 0 Å². The molecule has 1 aliphatic rings. The van der Waals surface area contributed by atoms with Gasteiger partial charge in [0.1, 0.15) is 7.28 Å². The molecule has 0 aromatic carbocycles. The van der Waals surface area contributed by atoms with Crippen molar-refractivity contribution in [2.24, 2.45) is 0 Å². The molecule has 53 valence electrons. The van der Waals surface area contributed by atoms with Crippen molar-refractivity contribution < 1.29 is 12.3 Å². The molecule has 0 bridgehead atoms. The molecule has 1 aliphatic heterocycles. The topological polar surface area (TPSA) is 27.7 Å². The van der Waals surface area contributed by atoms with E-state index in [4.69, 9.17) is 12.3 Å². The molecule has 7 heteroatoms. The molecule has 0 aromatic rings. The van der Waals surface area contributed by atoms with Crippen LogP contribution in [0.5, 0.6) is 0 Å². The quantitative estimate of drug-likeness (QED) is 0.396. The lowest BCUT2D eigenvalue weighted by atomic mass is 9.88. The van der Waals surface area contributed by atoms with E-state index in [1.54, 1.807) is 0 Å². The zero-order chi connectivity index (χ0) is 6.95. The Balaban J connectivity index is 0.000000187. The maximum absolute atomic E-state index is 4.94. The van der Waals surface area contributed by atoms with Gasteiger partial charge in [0.15, 0.2) is 0 Å². The summed E-state index contributed by atoms with van der Waals surface area (Å²) in [5.41, 5.74) is 0. The van der Waals surface area contributed by atoms with Gasteiger partial charge in [-0.15, -0.1) is 0 Å². The van der Waals surface area contributed by atoms with Crippen LogP contribution in [0.25, 0.3) is 0 Å². The van der Waals surface area contributed by atoms with Gasteiger partial charge in [0.2, 0.25) is 0 Å². The fourth-order valence-corrected chi connectivity index (χ4v) is 5.69. The fraction of sp³-hybridized carbons (Fsp3) is 1.00. The van der Waals surface area contributed by atoms with Gasteiger partial charge in [-0.25, -0.2) is 0 Å². The predicted octanol–water partition coefficient (Wildman–Crippen LogP) is -2.17. The van der Waals surface area contributed by atoms with Crippen LogP contribution in [0.3, 0.4) is 0 Å². The summed E-state index contributed by atoms with van der Waals surface area (Å²) in [6.45, 7) is 4.00. The predicted molar refractivity (Wildman–Crippen MR) is 46.4 cm³/mol. The molecule has 0 aromatic heterocycles. The van der Waals surface area contributed by atoms with Gasteiger partial charge in [-0.1, -0.05) is 13.6 Å². The first-order chi connectivity index (χ1) is 4.41. The molecule has 3 nitrogen and oxygen atoms in total. The molecule has 1 heterocycles.